The fraction of sp³-hybridized carbons (Fsp3) is 0.400. The molecule has 0 atom stereocenters. The van der Waals surface area contributed by atoms with Gasteiger partial charge in [0.1, 0.15) is 0 Å². The van der Waals surface area contributed by atoms with Crippen molar-refractivity contribution in [1.29, 1.82) is 0 Å². The van der Waals surface area contributed by atoms with Crippen LogP contribution in [0.1, 0.15) is 0 Å². The van der Waals surface area contributed by atoms with Crippen LogP contribution in [-0.4, -0.2) is 57.8 Å². The lowest BCUT2D eigenvalue weighted by molar-refractivity contribution is -0.384. The number of benzene rings is 1. The molecule has 1 aromatic carbocycles. The maximum absolute atomic E-state index is 13.0. The first kappa shape index (κ1) is 24.7. The van der Waals surface area contributed by atoms with Gasteiger partial charge in [0, 0.05) is 17.8 Å². The van der Waals surface area contributed by atoms with Gasteiger partial charge in [-0.15, -0.1) is 4.98 Å². The summed E-state index contributed by atoms with van der Waals surface area (Å²) in [4.78, 5) is 20.0. The topological polar surface area (TPSA) is 112 Å². The molecule has 1 N–H and O–H groups in total. The largest absolute Gasteiger partial charge is 0.457 e. The summed E-state index contributed by atoms with van der Waals surface area (Å²) >= 11 is 0. The summed E-state index contributed by atoms with van der Waals surface area (Å²) in [5.41, 5.74) is -0.239. The van der Waals surface area contributed by atoms with E-state index in [1.54, 1.807) is 0 Å². The minimum atomic E-state index is -4.62. The highest BCUT2D eigenvalue weighted by atomic mass is 19.3. The molecule has 0 unspecified atom stereocenters. The summed E-state index contributed by atoms with van der Waals surface area (Å²) in [5.74, 6) is -9.87. The Balaban J connectivity index is 2.27. The summed E-state index contributed by atoms with van der Waals surface area (Å²) in [5, 5.41) is 13.0. The molecule has 2 rings (SSSR count). The molecular weight excluding hydrogens is 466 g/mol. The van der Waals surface area contributed by atoms with Crippen molar-refractivity contribution in [3.63, 3.8) is 0 Å². The Hall–Kier alpha value is -3.53. The molecule has 0 aliphatic carbocycles. The number of nitro benzene ring substituents is 1. The molecule has 0 spiro atoms. The molecule has 32 heavy (non-hydrogen) atoms. The van der Waals surface area contributed by atoms with Crippen molar-refractivity contribution in [2.24, 2.45) is 0 Å². The Morgan fingerprint density at radius 2 is 1.31 bits per heavy atom. The van der Waals surface area contributed by atoms with E-state index in [9.17, 15) is 45.2 Å². The molecule has 9 nitrogen and oxygen atoms in total. The molecule has 0 fully saturated rings. The predicted molar refractivity (Wildman–Crippen MR) is 89.1 cm³/mol. The lowest BCUT2D eigenvalue weighted by atomic mass is 10.3. The minimum Gasteiger partial charge on any atom is -0.457 e. The molecule has 1 heterocycles. The van der Waals surface area contributed by atoms with E-state index in [4.69, 9.17) is 0 Å². The quantitative estimate of drug-likeness (QED) is 0.293. The van der Waals surface area contributed by atoms with Gasteiger partial charge in [0.15, 0.2) is 13.2 Å². The van der Waals surface area contributed by atoms with E-state index in [1.807, 2.05) is 0 Å². The first-order valence-corrected chi connectivity index (χ1v) is 8.15. The van der Waals surface area contributed by atoms with Crippen LogP contribution in [0.5, 0.6) is 12.0 Å². The van der Waals surface area contributed by atoms with E-state index in [0.29, 0.717) is 0 Å². The van der Waals surface area contributed by atoms with Crippen LogP contribution in [0.25, 0.3) is 0 Å². The van der Waals surface area contributed by atoms with Gasteiger partial charge in [0.05, 0.1) is 4.92 Å². The monoisotopic (exact) mass is 477 g/mol. The third kappa shape index (κ3) is 6.74. The number of aromatic nitrogens is 3. The van der Waals surface area contributed by atoms with Crippen molar-refractivity contribution in [2.75, 3.05) is 18.5 Å². The number of nitrogens with one attached hydrogen (secondary N) is 1. The predicted octanol–water partition coefficient (Wildman–Crippen LogP) is 4.08. The number of non-ortho nitro benzene ring substituents is 1. The number of nitrogens with zero attached hydrogens (tertiary/aromatic N) is 4. The van der Waals surface area contributed by atoms with Crippen LogP contribution in [0.4, 0.5) is 52.4 Å². The molecule has 2 aromatic rings. The van der Waals surface area contributed by atoms with Crippen LogP contribution in [0.15, 0.2) is 24.3 Å². The molecule has 17 heteroatoms. The molecule has 176 valence electrons. The zero-order valence-electron chi connectivity index (χ0n) is 15.3. The second kappa shape index (κ2) is 9.73. The second-order valence-corrected chi connectivity index (χ2v) is 5.85. The van der Waals surface area contributed by atoms with Crippen molar-refractivity contribution in [3.8, 4) is 12.0 Å². The Labute approximate surface area is 172 Å². The van der Waals surface area contributed by atoms with Crippen LogP contribution < -0.4 is 14.8 Å². The average Bonchev–Trinajstić information content (AvgIpc) is 2.71. The Morgan fingerprint density at radius 1 is 0.875 bits per heavy atom. The highest BCUT2D eigenvalue weighted by Gasteiger charge is 2.43. The number of halogens is 8. The first-order chi connectivity index (χ1) is 14.8. The first-order valence-electron chi connectivity index (χ1n) is 8.15. The van der Waals surface area contributed by atoms with Crippen molar-refractivity contribution in [1.82, 2.24) is 15.0 Å². The van der Waals surface area contributed by atoms with Crippen LogP contribution in [0.2, 0.25) is 0 Å². The molecule has 0 aliphatic heterocycles. The maximum Gasteiger partial charge on any atom is 0.340 e. The van der Waals surface area contributed by atoms with Gasteiger partial charge in [-0.05, 0) is 12.1 Å². The molecule has 0 aliphatic rings. The van der Waals surface area contributed by atoms with Gasteiger partial charge in [-0.2, -0.15) is 27.5 Å². The number of hydrogen-bond donors (Lipinski definition) is 1. The van der Waals surface area contributed by atoms with Gasteiger partial charge >= 0.3 is 36.7 Å². The van der Waals surface area contributed by atoms with E-state index in [-0.39, 0.29) is 11.4 Å². The van der Waals surface area contributed by atoms with Crippen LogP contribution in [0.3, 0.4) is 0 Å². The summed E-state index contributed by atoms with van der Waals surface area (Å²) in [6, 6.07) is 2.23. The number of ether oxygens (including phenoxy) is 2. The third-order valence-corrected chi connectivity index (χ3v) is 3.35. The molecular formula is C15H11F8N5O4. The SMILES string of the molecule is O=[N+]([O-])c1ccc(Nc2nc(OCC(F)(F)C(F)F)nc(OCC(F)(F)C(F)F)n2)cc1. The van der Waals surface area contributed by atoms with Gasteiger partial charge in [-0.1, -0.05) is 0 Å². The van der Waals surface area contributed by atoms with Gasteiger partial charge in [-0.25, -0.2) is 17.6 Å². The van der Waals surface area contributed by atoms with Crippen molar-refractivity contribution in [2.45, 2.75) is 24.7 Å². The Bertz CT molecular complexity index is 890. The molecule has 0 saturated heterocycles. The van der Waals surface area contributed by atoms with Crippen molar-refractivity contribution >= 4 is 17.3 Å². The average molecular weight is 477 g/mol. The minimum absolute atomic E-state index is 0.0644. The second-order valence-electron chi connectivity index (χ2n) is 5.85. The Morgan fingerprint density at radius 3 is 1.69 bits per heavy atom. The summed E-state index contributed by atoms with van der Waals surface area (Å²) < 4.78 is 110. The van der Waals surface area contributed by atoms with Gasteiger partial charge in [0.2, 0.25) is 5.95 Å². The number of anilines is 2. The molecule has 1 aromatic heterocycles. The fourth-order valence-electron chi connectivity index (χ4n) is 1.77. The van der Waals surface area contributed by atoms with Gasteiger partial charge < -0.3 is 14.8 Å². The normalized spacial score (nSPS) is 12.2. The number of alkyl halides is 8. The zero-order valence-corrected chi connectivity index (χ0v) is 15.3. The zero-order chi connectivity index (χ0) is 24.1. The third-order valence-electron chi connectivity index (χ3n) is 3.35. The summed E-state index contributed by atoms with van der Waals surface area (Å²) in [7, 11) is 0. The van der Waals surface area contributed by atoms with Crippen molar-refractivity contribution < 1.29 is 49.5 Å². The number of hydrogen-bond acceptors (Lipinski definition) is 8. The van der Waals surface area contributed by atoms with E-state index < -0.39 is 60.8 Å². The van der Waals surface area contributed by atoms with Crippen molar-refractivity contribution in [3.05, 3.63) is 34.4 Å². The fourth-order valence-corrected chi connectivity index (χ4v) is 1.77. The van der Waals surface area contributed by atoms with Gasteiger partial charge in [0.25, 0.3) is 5.69 Å². The molecule has 0 saturated carbocycles. The summed E-state index contributed by atoms with van der Waals surface area (Å²) in [6.45, 7) is -3.84. The standard InChI is InChI=1S/C15H11F8N5O4/c16-9(17)14(20,21)5-31-12-25-11(24-7-1-3-8(4-2-7)28(29)30)26-13(27-12)32-6-15(22,23)10(18)19/h1-4,9-10H,5-6H2,(H,24,25,26,27). The van der Waals surface area contributed by atoms with E-state index in [2.05, 4.69) is 29.7 Å². The molecule has 0 radical (unpaired) electrons. The number of nitro groups is 1. The van der Waals surface area contributed by atoms with Crippen LogP contribution >= 0.6 is 0 Å². The van der Waals surface area contributed by atoms with E-state index in [0.717, 1.165) is 24.3 Å². The lowest BCUT2D eigenvalue weighted by Crippen LogP contribution is -2.34. The lowest BCUT2D eigenvalue weighted by Gasteiger charge is -2.17. The highest BCUT2D eigenvalue weighted by Crippen LogP contribution is 2.27. The maximum atomic E-state index is 13.0. The Kier molecular flexibility index (Phi) is 7.52. The van der Waals surface area contributed by atoms with Crippen LogP contribution in [0, 0.1) is 10.1 Å². The molecule has 0 bridgehead atoms. The molecule has 0 amide bonds. The van der Waals surface area contributed by atoms with Gasteiger partial charge in [-0.3, -0.25) is 10.1 Å². The van der Waals surface area contributed by atoms with Crippen LogP contribution in [-0.2, 0) is 0 Å². The highest BCUT2D eigenvalue weighted by molar-refractivity contribution is 5.55. The smallest absolute Gasteiger partial charge is 0.340 e. The van der Waals surface area contributed by atoms with E-state index in [1.165, 1.54) is 0 Å². The van der Waals surface area contributed by atoms with E-state index >= 15 is 0 Å². The number of rotatable bonds is 11. The summed E-state index contributed by atoms with van der Waals surface area (Å²) in [6.07, 6.45) is -8.22.